The fraction of sp³-hybridized carbons (Fsp3) is 0.200. The van der Waals surface area contributed by atoms with E-state index in [1.165, 1.54) is 12.1 Å². The maximum Gasteiger partial charge on any atom is 0.275 e. The molecule has 0 aliphatic rings. The minimum Gasteiger partial charge on any atom is -0.373 e. The Kier molecular flexibility index (Phi) is 2.73. The number of nitro groups is 1. The van der Waals surface area contributed by atoms with E-state index in [-0.39, 0.29) is 5.69 Å². The molecule has 0 aromatic carbocycles. The molecule has 0 atom stereocenters. The second-order valence-electron chi connectivity index (χ2n) is 3.51. The molecule has 1 N–H and O–H groups in total. The van der Waals surface area contributed by atoms with Crippen molar-refractivity contribution in [2.45, 2.75) is 0 Å². The van der Waals surface area contributed by atoms with Crippen LogP contribution >= 0.6 is 0 Å². The summed E-state index contributed by atoms with van der Waals surface area (Å²) >= 11 is 0. The van der Waals surface area contributed by atoms with Crippen LogP contribution in [-0.2, 0) is 7.05 Å². The van der Waals surface area contributed by atoms with Gasteiger partial charge < -0.3 is 5.32 Å². The standard InChI is InChI=1S/C10H11N5O2/c1-11-10-4-8(15(16)17)3-9(13-10)7-5-12-14(2)6-7/h3-6H,1-2H3,(H,11,13). The van der Waals surface area contributed by atoms with E-state index in [1.807, 2.05) is 0 Å². The van der Waals surface area contributed by atoms with Crippen molar-refractivity contribution >= 4 is 11.5 Å². The predicted molar refractivity (Wildman–Crippen MR) is 62.6 cm³/mol. The number of anilines is 1. The van der Waals surface area contributed by atoms with Crippen LogP contribution in [0.15, 0.2) is 24.5 Å². The van der Waals surface area contributed by atoms with E-state index >= 15 is 0 Å². The van der Waals surface area contributed by atoms with Crippen LogP contribution in [0.3, 0.4) is 0 Å². The third-order valence-electron chi connectivity index (χ3n) is 2.28. The van der Waals surface area contributed by atoms with E-state index in [2.05, 4.69) is 15.4 Å². The Labute approximate surface area is 97.2 Å². The maximum absolute atomic E-state index is 10.8. The molecule has 2 heterocycles. The van der Waals surface area contributed by atoms with Crippen LogP contribution in [-0.4, -0.2) is 26.7 Å². The molecule has 0 fully saturated rings. The van der Waals surface area contributed by atoms with Crippen molar-refractivity contribution in [2.24, 2.45) is 7.05 Å². The van der Waals surface area contributed by atoms with Crippen LogP contribution in [0.5, 0.6) is 0 Å². The summed E-state index contributed by atoms with van der Waals surface area (Å²) in [6, 6.07) is 2.82. The van der Waals surface area contributed by atoms with Crippen LogP contribution < -0.4 is 5.32 Å². The lowest BCUT2D eigenvalue weighted by Gasteiger charge is -2.02. The molecule has 7 nitrogen and oxygen atoms in total. The van der Waals surface area contributed by atoms with Crippen molar-refractivity contribution in [1.82, 2.24) is 14.8 Å². The average Bonchev–Trinajstić information content (AvgIpc) is 2.75. The average molecular weight is 233 g/mol. The highest BCUT2D eigenvalue weighted by molar-refractivity contribution is 5.64. The first-order chi connectivity index (χ1) is 8.10. The molecular weight excluding hydrogens is 222 g/mol. The molecule has 2 aromatic rings. The molecule has 0 amide bonds. The molecule has 0 saturated heterocycles. The fourth-order valence-corrected chi connectivity index (χ4v) is 1.45. The van der Waals surface area contributed by atoms with Gasteiger partial charge in [0.25, 0.3) is 5.69 Å². The smallest absolute Gasteiger partial charge is 0.275 e. The Bertz CT molecular complexity index is 564. The number of nitrogens with zero attached hydrogens (tertiary/aromatic N) is 4. The molecule has 2 aromatic heterocycles. The second kappa shape index (κ2) is 4.20. The van der Waals surface area contributed by atoms with Gasteiger partial charge in [0.05, 0.1) is 22.9 Å². The Balaban J connectivity index is 2.53. The summed E-state index contributed by atoms with van der Waals surface area (Å²) in [6.45, 7) is 0. The van der Waals surface area contributed by atoms with Gasteiger partial charge in [-0.25, -0.2) is 4.98 Å². The zero-order valence-electron chi connectivity index (χ0n) is 9.41. The minimum absolute atomic E-state index is 0.00297. The number of nitrogens with one attached hydrogen (secondary N) is 1. The quantitative estimate of drug-likeness (QED) is 0.640. The number of pyridine rings is 1. The third-order valence-corrected chi connectivity index (χ3v) is 2.28. The van der Waals surface area contributed by atoms with Gasteiger partial charge in [-0.1, -0.05) is 0 Å². The van der Waals surface area contributed by atoms with Crippen molar-refractivity contribution < 1.29 is 4.92 Å². The number of hydrogen-bond donors (Lipinski definition) is 1. The van der Waals surface area contributed by atoms with Crippen LogP contribution in [0, 0.1) is 10.1 Å². The molecule has 88 valence electrons. The summed E-state index contributed by atoms with van der Waals surface area (Å²) in [5.41, 5.74) is 1.27. The summed E-state index contributed by atoms with van der Waals surface area (Å²) in [4.78, 5) is 14.6. The van der Waals surface area contributed by atoms with Gasteiger partial charge in [-0.15, -0.1) is 0 Å². The van der Waals surface area contributed by atoms with Crippen LogP contribution in [0.4, 0.5) is 11.5 Å². The highest BCUT2D eigenvalue weighted by Gasteiger charge is 2.12. The zero-order chi connectivity index (χ0) is 12.4. The van der Waals surface area contributed by atoms with Gasteiger partial charge >= 0.3 is 0 Å². The minimum atomic E-state index is -0.442. The highest BCUT2D eigenvalue weighted by Crippen LogP contribution is 2.24. The van der Waals surface area contributed by atoms with Crippen molar-refractivity contribution in [3.05, 3.63) is 34.6 Å². The molecule has 0 bridgehead atoms. The summed E-state index contributed by atoms with van der Waals surface area (Å²) in [5, 5.41) is 17.6. The number of hydrogen-bond acceptors (Lipinski definition) is 5. The molecule has 7 heteroatoms. The number of aryl methyl sites for hydroxylation is 1. The first kappa shape index (κ1) is 11.1. The first-order valence-corrected chi connectivity index (χ1v) is 4.93. The molecule has 0 aliphatic heterocycles. The van der Waals surface area contributed by atoms with E-state index in [1.54, 1.807) is 31.2 Å². The third kappa shape index (κ3) is 2.22. The largest absolute Gasteiger partial charge is 0.373 e. The van der Waals surface area contributed by atoms with Gasteiger partial charge in [-0.3, -0.25) is 14.8 Å². The van der Waals surface area contributed by atoms with Crippen LogP contribution in [0.25, 0.3) is 11.3 Å². The van der Waals surface area contributed by atoms with Crippen molar-refractivity contribution in [3.8, 4) is 11.3 Å². The Morgan fingerprint density at radius 3 is 2.76 bits per heavy atom. The summed E-state index contributed by atoms with van der Waals surface area (Å²) in [7, 11) is 3.44. The first-order valence-electron chi connectivity index (χ1n) is 4.93. The van der Waals surface area contributed by atoms with Gasteiger partial charge in [-0.05, 0) is 0 Å². The van der Waals surface area contributed by atoms with Crippen molar-refractivity contribution in [2.75, 3.05) is 12.4 Å². The summed E-state index contributed by atoms with van der Waals surface area (Å²) in [6.07, 6.45) is 3.37. The summed E-state index contributed by atoms with van der Waals surface area (Å²) in [5.74, 6) is 0.457. The number of rotatable bonds is 3. The van der Waals surface area contributed by atoms with Crippen LogP contribution in [0.1, 0.15) is 0 Å². The molecule has 17 heavy (non-hydrogen) atoms. The normalized spacial score (nSPS) is 10.2. The molecular formula is C10H11N5O2. The van der Waals surface area contributed by atoms with Crippen molar-refractivity contribution in [1.29, 1.82) is 0 Å². The SMILES string of the molecule is CNc1cc([N+](=O)[O-])cc(-c2cnn(C)c2)n1. The van der Waals surface area contributed by atoms with Crippen molar-refractivity contribution in [3.63, 3.8) is 0 Å². The Morgan fingerprint density at radius 2 is 2.24 bits per heavy atom. The zero-order valence-corrected chi connectivity index (χ0v) is 9.41. The van der Waals surface area contributed by atoms with Gasteiger partial charge in [0.15, 0.2) is 0 Å². The molecule has 0 spiro atoms. The van der Waals surface area contributed by atoms with E-state index in [0.717, 1.165) is 5.56 Å². The monoisotopic (exact) mass is 233 g/mol. The van der Waals surface area contributed by atoms with Gasteiger partial charge in [0.1, 0.15) is 5.82 Å². The lowest BCUT2D eigenvalue weighted by Crippen LogP contribution is -1.97. The van der Waals surface area contributed by atoms with E-state index in [9.17, 15) is 10.1 Å². The lowest BCUT2D eigenvalue weighted by molar-refractivity contribution is -0.384. The topological polar surface area (TPSA) is 85.9 Å². The Morgan fingerprint density at radius 1 is 1.47 bits per heavy atom. The van der Waals surface area contributed by atoms with E-state index < -0.39 is 4.92 Å². The summed E-state index contributed by atoms with van der Waals surface area (Å²) < 4.78 is 1.62. The molecule has 0 unspecified atom stereocenters. The fourth-order valence-electron chi connectivity index (χ4n) is 1.45. The Hall–Kier alpha value is -2.44. The maximum atomic E-state index is 10.8. The van der Waals surface area contributed by atoms with Gasteiger partial charge in [0, 0.05) is 31.9 Å². The number of aromatic nitrogens is 3. The molecule has 2 rings (SSSR count). The van der Waals surface area contributed by atoms with Gasteiger partial charge in [-0.2, -0.15) is 5.10 Å². The molecule has 0 radical (unpaired) electrons. The second-order valence-corrected chi connectivity index (χ2v) is 3.51. The van der Waals surface area contributed by atoms with Crippen LogP contribution in [0.2, 0.25) is 0 Å². The van der Waals surface area contributed by atoms with Gasteiger partial charge in [0.2, 0.25) is 0 Å². The predicted octanol–water partition coefficient (Wildman–Crippen LogP) is 1.43. The lowest BCUT2D eigenvalue weighted by atomic mass is 10.2. The molecule has 0 saturated carbocycles. The van der Waals surface area contributed by atoms with E-state index in [4.69, 9.17) is 0 Å². The van der Waals surface area contributed by atoms with E-state index in [0.29, 0.717) is 11.5 Å². The molecule has 0 aliphatic carbocycles. The highest BCUT2D eigenvalue weighted by atomic mass is 16.6.